The Morgan fingerprint density at radius 2 is 2.12 bits per heavy atom. The van der Waals surface area contributed by atoms with Crippen LogP contribution in [0, 0.1) is 5.41 Å². The number of aryl methyl sites for hydroxylation is 2. The highest BCUT2D eigenvalue weighted by Crippen LogP contribution is 2.23. The first-order valence-electron chi connectivity index (χ1n) is 8.68. The van der Waals surface area contributed by atoms with Crippen LogP contribution in [0.1, 0.15) is 55.2 Å². The van der Waals surface area contributed by atoms with Crippen LogP contribution in [0.4, 0.5) is 0 Å². The number of hydrogen-bond donors (Lipinski definition) is 1. The third-order valence-corrected chi connectivity index (χ3v) is 4.74. The van der Waals surface area contributed by atoms with Gasteiger partial charge in [0.15, 0.2) is 0 Å². The summed E-state index contributed by atoms with van der Waals surface area (Å²) in [5, 5.41) is 3.19. The van der Waals surface area contributed by atoms with Crippen molar-refractivity contribution in [2.24, 2.45) is 5.41 Å². The van der Waals surface area contributed by atoms with Gasteiger partial charge in [0.05, 0.1) is 17.9 Å². The van der Waals surface area contributed by atoms with Gasteiger partial charge in [-0.25, -0.2) is 4.98 Å². The van der Waals surface area contributed by atoms with E-state index in [1.807, 2.05) is 16.8 Å². The molecule has 1 atom stereocenters. The van der Waals surface area contributed by atoms with Gasteiger partial charge in [0.1, 0.15) is 0 Å². The van der Waals surface area contributed by atoms with Crippen molar-refractivity contribution in [1.29, 1.82) is 0 Å². The van der Waals surface area contributed by atoms with Crippen LogP contribution < -0.4 is 5.32 Å². The van der Waals surface area contributed by atoms with Crippen LogP contribution >= 0.6 is 0 Å². The van der Waals surface area contributed by atoms with Gasteiger partial charge in [-0.05, 0) is 42.7 Å². The van der Waals surface area contributed by atoms with E-state index >= 15 is 0 Å². The fourth-order valence-electron chi connectivity index (χ4n) is 3.10. The minimum Gasteiger partial charge on any atom is -0.347 e. The molecule has 1 amide bonds. The topological polar surface area (TPSA) is 59.8 Å². The number of pyridine rings is 1. The van der Waals surface area contributed by atoms with Crippen molar-refractivity contribution in [3.63, 3.8) is 0 Å². The number of aromatic nitrogens is 3. The van der Waals surface area contributed by atoms with Crippen LogP contribution in [-0.4, -0.2) is 26.5 Å². The summed E-state index contributed by atoms with van der Waals surface area (Å²) < 4.78 is 2.00. The van der Waals surface area contributed by atoms with Gasteiger partial charge >= 0.3 is 0 Å². The van der Waals surface area contributed by atoms with Gasteiger partial charge in [0.2, 0.25) is 0 Å². The van der Waals surface area contributed by atoms with Crippen molar-refractivity contribution >= 4 is 5.91 Å². The standard InChI is InChI=1S/C19H26N4O/c1-19(2,3)17(12-23-9-8-20-13-23)22-18(24)15-10-14-6-4-5-7-16(14)21-11-15/h8-11,13,17H,4-7,12H2,1-3H3,(H,22,24). The van der Waals surface area contributed by atoms with Crippen molar-refractivity contribution in [3.05, 3.63) is 47.8 Å². The summed E-state index contributed by atoms with van der Waals surface area (Å²) in [4.78, 5) is 21.3. The van der Waals surface area contributed by atoms with E-state index in [1.54, 1.807) is 18.7 Å². The monoisotopic (exact) mass is 326 g/mol. The highest BCUT2D eigenvalue weighted by Gasteiger charge is 2.27. The summed E-state index contributed by atoms with van der Waals surface area (Å²) in [5.41, 5.74) is 3.00. The zero-order valence-corrected chi connectivity index (χ0v) is 14.7. The normalized spacial score (nSPS) is 15.6. The van der Waals surface area contributed by atoms with E-state index in [2.05, 4.69) is 36.1 Å². The fourth-order valence-corrected chi connectivity index (χ4v) is 3.10. The highest BCUT2D eigenvalue weighted by atomic mass is 16.1. The largest absolute Gasteiger partial charge is 0.347 e. The summed E-state index contributed by atoms with van der Waals surface area (Å²) in [6, 6.07) is 2.03. The van der Waals surface area contributed by atoms with Crippen molar-refractivity contribution in [3.8, 4) is 0 Å². The van der Waals surface area contributed by atoms with E-state index < -0.39 is 0 Å². The van der Waals surface area contributed by atoms with Crippen LogP contribution in [0.15, 0.2) is 31.0 Å². The second-order valence-corrected chi connectivity index (χ2v) is 7.69. The number of nitrogens with one attached hydrogen (secondary N) is 1. The first-order chi connectivity index (χ1) is 11.4. The number of imidazole rings is 1. The first-order valence-corrected chi connectivity index (χ1v) is 8.68. The van der Waals surface area contributed by atoms with E-state index in [4.69, 9.17) is 0 Å². The van der Waals surface area contributed by atoms with Gasteiger partial charge in [-0.3, -0.25) is 9.78 Å². The number of amides is 1. The zero-order valence-electron chi connectivity index (χ0n) is 14.7. The smallest absolute Gasteiger partial charge is 0.253 e. The molecule has 0 spiro atoms. The predicted molar refractivity (Wildman–Crippen MR) is 93.8 cm³/mol. The SMILES string of the molecule is CC(C)(C)C(Cn1ccnc1)NC(=O)c1cnc2c(c1)CCCC2. The Kier molecular flexibility index (Phi) is 4.69. The van der Waals surface area contributed by atoms with Crippen LogP contribution in [0.2, 0.25) is 0 Å². The molecule has 2 heterocycles. The van der Waals surface area contributed by atoms with Crippen LogP contribution in [0.3, 0.4) is 0 Å². The summed E-state index contributed by atoms with van der Waals surface area (Å²) in [5.74, 6) is -0.0455. The summed E-state index contributed by atoms with van der Waals surface area (Å²) in [6.07, 6.45) is 11.6. The molecule has 0 bridgehead atoms. The molecule has 0 aromatic carbocycles. The molecule has 1 aliphatic rings. The molecule has 2 aromatic rings. The number of carbonyl (C=O) groups is 1. The van der Waals surface area contributed by atoms with Gasteiger partial charge in [0, 0.05) is 30.8 Å². The lowest BCUT2D eigenvalue weighted by Gasteiger charge is -2.32. The Morgan fingerprint density at radius 1 is 1.33 bits per heavy atom. The second kappa shape index (κ2) is 6.75. The Morgan fingerprint density at radius 3 is 2.83 bits per heavy atom. The average Bonchev–Trinajstić information content (AvgIpc) is 3.06. The number of rotatable bonds is 4. The van der Waals surface area contributed by atoms with Crippen LogP contribution in [-0.2, 0) is 19.4 Å². The van der Waals surface area contributed by atoms with Gasteiger partial charge in [-0.15, -0.1) is 0 Å². The molecule has 0 radical (unpaired) electrons. The second-order valence-electron chi connectivity index (χ2n) is 7.69. The number of fused-ring (bicyclic) bond motifs is 1. The first kappa shape index (κ1) is 16.7. The Balaban J connectivity index is 1.75. The van der Waals surface area contributed by atoms with Crippen molar-refractivity contribution in [2.45, 2.75) is 59.0 Å². The summed E-state index contributed by atoms with van der Waals surface area (Å²) in [6.45, 7) is 7.12. The molecule has 1 unspecified atom stereocenters. The maximum Gasteiger partial charge on any atom is 0.253 e. The van der Waals surface area contributed by atoms with Crippen molar-refractivity contribution in [1.82, 2.24) is 19.9 Å². The molecule has 0 aliphatic heterocycles. The molecule has 0 saturated carbocycles. The Labute approximate surface area is 143 Å². The molecular weight excluding hydrogens is 300 g/mol. The third-order valence-electron chi connectivity index (χ3n) is 4.74. The number of nitrogens with zero attached hydrogens (tertiary/aromatic N) is 3. The summed E-state index contributed by atoms with van der Waals surface area (Å²) in [7, 11) is 0. The van der Waals surface area contributed by atoms with Gasteiger partial charge in [-0.1, -0.05) is 20.8 Å². The van der Waals surface area contributed by atoms with E-state index in [0.29, 0.717) is 12.1 Å². The average molecular weight is 326 g/mol. The number of hydrogen-bond acceptors (Lipinski definition) is 3. The molecule has 128 valence electrons. The Bertz CT molecular complexity index is 701. The molecule has 5 nitrogen and oxygen atoms in total. The number of carbonyl (C=O) groups excluding carboxylic acids is 1. The van der Waals surface area contributed by atoms with Gasteiger partial charge in [0.25, 0.3) is 5.91 Å². The fraction of sp³-hybridized carbons (Fsp3) is 0.526. The van der Waals surface area contributed by atoms with Gasteiger partial charge < -0.3 is 9.88 Å². The lowest BCUT2D eigenvalue weighted by atomic mass is 9.86. The van der Waals surface area contributed by atoms with E-state index in [0.717, 1.165) is 18.5 Å². The Hall–Kier alpha value is -2.17. The molecule has 0 fully saturated rings. The van der Waals surface area contributed by atoms with Crippen LogP contribution in [0.25, 0.3) is 0 Å². The van der Waals surface area contributed by atoms with Gasteiger partial charge in [-0.2, -0.15) is 0 Å². The van der Waals surface area contributed by atoms with E-state index in [1.165, 1.54) is 18.4 Å². The predicted octanol–water partition coefficient (Wildman–Crippen LogP) is 3.00. The molecule has 0 saturated heterocycles. The van der Waals surface area contributed by atoms with E-state index in [9.17, 15) is 4.79 Å². The molecule has 24 heavy (non-hydrogen) atoms. The molecule has 3 rings (SSSR count). The molecule has 1 N–H and O–H groups in total. The summed E-state index contributed by atoms with van der Waals surface area (Å²) >= 11 is 0. The van der Waals surface area contributed by atoms with Crippen molar-refractivity contribution in [2.75, 3.05) is 0 Å². The lowest BCUT2D eigenvalue weighted by molar-refractivity contribution is 0.0892. The molecule has 5 heteroatoms. The minimum absolute atomic E-state index is 0.00947. The third kappa shape index (κ3) is 3.83. The maximum absolute atomic E-state index is 12.7. The zero-order chi connectivity index (χ0) is 17.2. The molecule has 2 aromatic heterocycles. The lowest BCUT2D eigenvalue weighted by Crippen LogP contribution is -2.46. The highest BCUT2D eigenvalue weighted by molar-refractivity contribution is 5.94. The minimum atomic E-state index is -0.0540. The molecule has 1 aliphatic carbocycles. The maximum atomic E-state index is 12.7. The van der Waals surface area contributed by atoms with Crippen LogP contribution in [0.5, 0.6) is 0 Å². The molecular formula is C19H26N4O. The van der Waals surface area contributed by atoms with Crippen molar-refractivity contribution < 1.29 is 4.79 Å². The quantitative estimate of drug-likeness (QED) is 0.939. The van der Waals surface area contributed by atoms with E-state index in [-0.39, 0.29) is 17.4 Å².